The largest absolute Gasteiger partial charge is 0.373 e. The average molecular weight is 371 g/mol. The van der Waals surface area contributed by atoms with Gasteiger partial charge in [-0.15, -0.1) is 0 Å². The monoisotopic (exact) mass is 370 g/mol. The highest BCUT2D eigenvalue weighted by Crippen LogP contribution is 2.33. The first kappa shape index (κ1) is 17.5. The van der Waals surface area contributed by atoms with Crippen LogP contribution in [0.5, 0.6) is 0 Å². The first-order valence-electron chi connectivity index (χ1n) is 9.18. The zero-order valence-corrected chi connectivity index (χ0v) is 15.4. The Hall–Kier alpha value is -1.88. The summed E-state index contributed by atoms with van der Waals surface area (Å²) >= 11 is 6.40. The molecule has 5 heteroatoms. The number of nitrogens with one attached hydrogen (secondary N) is 1. The van der Waals surface area contributed by atoms with E-state index in [0.717, 1.165) is 30.6 Å². The van der Waals surface area contributed by atoms with Crippen LogP contribution in [0.2, 0.25) is 5.02 Å². The Kier molecular flexibility index (Phi) is 5.25. The third kappa shape index (κ3) is 3.50. The second-order valence-electron chi connectivity index (χ2n) is 6.84. The maximum Gasteiger partial charge on any atom is 0.226 e. The Morgan fingerprint density at radius 3 is 2.77 bits per heavy atom. The predicted molar refractivity (Wildman–Crippen MR) is 102 cm³/mol. The summed E-state index contributed by atoms with van der Waals surface area (Å²) in [5, 5.41) is 4.09. The fourth-order valence-electron chi connectivity index (χ4n) is 3.95. The number of halogens is 1. The van der Waals surface area contributed by atoms with E-state index in [1.165, 1.54) is 5.56 Å². The molecule has 1 saturated heterocycles. The van der Waals surface area contributed by atoms with Gasteiger partial charge in [-0.3, -0.25) is 4.79 Å². The predicted octanol–water partition coefficient (Wildman–Crippen LogP) is 3.52. The molecule has 0 radical (unpaired) electrons. The van der Waals surface area contributed by atoms with Crippen molar-refractivity contribution in [1.29, 1.82) is 0 Å². The van der Waals surface area contributed by atoms with Crippen LogP contribution in [-0.2, 0) is 16.0 Å². The van der Waals surface area contributed by atoms with E-state index in [4.69, 9.17) is 16.3 Å². The van der Waals surface area contributed by atoms with Crippen molar-refractivity contribution in [2.24, 2.45) is 0 Å². The molecule has 4 nitrogen and oxygen atoms in total. The van der Waals surface area contributed by atoms with Gasteiger partial charge >= 0.3 is 0 Å². The molecule has 2 aliphatic heterocycles. The van der Waals surface area contributed by atoms with Crippen molar-refractivity contribution in [2.45, 2.75) is 25.0 Å². The molecule has 1 N–H and O–H groups in total. The summed E-state index contributed by atoms with van der Waals surface area (Å²) in [6, 6.07) is 16.0. The van der Waals surface area contributed by atoms with E-state index < -0.39 is 0 Å². The molecule has 2 heterocycles. The molecule has 2 unspecified atom stereocenters. The van der Waals surface area contributed by atoms with Crippen LogP contribution in [0.25, 0.3) is 0 Å². The van der Waals surface area contributed by atoms with Crippen LogP contribution >= 0.6 is 11.6 Å². The lowest BCUT2D eigenvalue weighted by atomic mass is 9.95. The van der Waals surface area contributed by atoms with Crippen LogP contribution < -0.4 is 5.32 Å². The number of carbonyl (C=O) groups is 1. The van der Waals surface area contributed by atoms with E-state index in [-0.39, 0.29) is 18.1 Å². The standard InChI is InChI=1S/C21H23ClN2O2/c22-18-8-4-3-7-17(18)19-14-23-10-11-24(19)21(25)13-20-16-6-2-1-5-15(16)9-12-26-20/h1-8,19-20,23H,9-14H2. The molecule has 2 aliphatic rings. The molecule has 0 aromatic heterocycles. The molecule has 0 bridgehead atoms. The van der Waals surface area contributed by atoms with Gasteiger partial charge in [0, 0.05) is 24.7 Å². The van der Waals surface area contributed by atoms with Gasteiger partial charge in [0.2, 0.25) is 5.91 Å². The second-order valence-corrected chi connectivity index (χ2v) is 7.25. The van der Waals surface area contributed by atoms with Crippen LogP contribution in [-0.4, -0.2) is 37.0 Å². The van der Waals surface area contributed by atoms with Gasteiger partial charge in [0.15, 0.2) is 0 Å². The molecule has 0 saturated carbocycles. The smallest absolute Gasteiger partial charge is 0.226 e. The van der Waals surface area contributed by atoms with Crippen LogP contribution in [0.15, 0.2) is 48.5 Å². The number of benzene rings is 2. The minimum absolute atomic E-state index is 0.0382. The summed E-state index contributed by atoms with van der Waals surface area (Å²) in [7, 11) is 0. The van der Waals surface area contributed by atoms with Crippen molar-refractivity contribution < 1.29 is 9.53 Å². The van der Waals surface area contributed by atoms with E-state index in [1.807, 2.05) is 41.3 Å². The van der Waals surface area contributed by atoms with Crippen molar-refractivity contribution >= 4 is 17.5 Å². The third-order valence-corrected chi connectivity index (χ3v) is 5.62. The Morgan fingerprint density at radius 1 is 1.15 bits per heavy atom. The molecule has 4 rings (SSSR count). The highest BCUT2D eigenvalue weighted by molar-refractivity contribution is 6.31. The number of amides is 1. The summed E-state index contributed by atoms with van der Waals surface area (Å²) in [5.41, 5.74) is 3.44. The maximum absolute atomic E-state index is 13.1. The van der Waals surface area contributed by atoms with E-state index in [9.17, 15) is 4.79 Å². The normalized spacial score (nSPS) is 22.7. The number of hydrogen-bond acceptors (Lipinski definition) is 3. The Balaban J connectivity index is 1.54. The van der Waals surface area contributed by atoms with Crippen LogP contribution in [0.4, 0.5) is 0 Å². The molecule has 136 valence electrons. The lowest BCUT2D eigenvalue weighted by Gasteiger charge is -2.38. The molecule has 26 heavy (non-hydrogen) atoms. The number of carbonyl (C=O) groups excluding carboxylic acids is 1. The fourth-order valence-corrected chi connectivity index (χ4v) is 4.21. The van der Waals surface area contributed by atoms with Gasteiger partial charge in [-0.1, -0.05) is 54.1 Å². The average Bonchev–Trinajstić information content (AvgIpc) is 2.69. The summed E-state index contributed by atoms with van der Waals surface area (Å²) in [5.74, 6) is 0.123. The molecule has 1 fully saturated rings. The van der Waals surface area contributed by atoms with Gasteiger partial charge in [0.05, 0.1) is 25.2 Å². The van der Waals surface area contributed by atoms with Gasteiger partial charge in [-0.2, -0.15) is 0 Å². The van der Waals surface area contributed by atoms with Crippen molar-refractivity contribution in [3.05, 3.63) is 70.2 Å². The number of nitrogens with zero attached hydrogens (tertiary/aromatic N) is 1. The molecular weight excluding hydrogens is 348 g/mol. The van der Waals surface area contributed by atoms with Gasteiger partial charge in [-0.05, 0) is 29.2 Å². The number of hydrogen-bond donors (Lipinski definition) is 1. The van der Waals surface area contributed by atoms with Gasteiger partial charge < -0.3 is 15.0 Å². The van der Waals surface area contributed by atoms with Gasteiger partial charge in [-0.25, -0.2) is 0 Å². The molecule has 1 amide bonds. The molecule has 0 aliphatic carbocycles. The van der Waals surface area contributed by atoms with E-state index in [0.29, 0.717) is 24.6 Å². The SMILES string of the molecule is O=C(CC1OCCc2ccccc21)N1CCNCC1c1ccccc1Cl. The number of piperazine rings is 1. The van der Waals surface area contributed by atoms with Crippen molar-refractivity contribution in [3.63, 3.8) is 0 Å². The first-order chi connectivity index (χ1) is 12.7. The van der Waals surface area contributed by atoms with Crippen LogP contribution in [0.1, 0.15) is 35.3 Å². The summed E-state index contributed by atoms with van der Waals surface area (Å²) < 4.78 is 5.94. The Labute approximate surface area is 159 Å². The fraction of sp³-hybridized carbons (Fsp3) is 0.381. The summed E-state index contributed by atoms with van der Waals surface area (Å²) in [6.07, 6.45) is 1.13. The highest BCUT2D eigenvalue weighted by Gasteiger charge is 2.32. The Morgan fingerprint density at radius 2 is 1.92 bits per heavy atom. The van der Waals surface area contributed by atoms with E-state index >= 15 is 0 Å². The highest BCUT2D eigenvalue weighted by atomic mass is 35.5. The maximum atomic E-state index is 13.1. The summed E-state index contributed by atoms with van der Waals surface area (Å²) in [6.45, 7) is 2.87. The zero-order chi connectivity index (χ0) is 17.9. The van der Waals surface area contributed by atoms with Gasteiger partial charge in [0.1, 0.15) is 0 Å². The lowest BCUT2D eigenvalue weighted by molar-refractivity contribution is -0.138. The molecular formula is C21H23ClN2O2. The molecule has 2 atom stereocenters. The summed E-state index contributed by atoms with van der Waals surface area (Å²) in [4.78, 5) is 15.1. The Bertz CT molecular complexity index is 795. The van der Waals surface area contributed by atoms with E-state index in [1.54, 1.807) is 0 Å². The van der Waals surface area contributed by atoms with Crippen molar-refractivity contribution in [2.75, 3.05) is 26.2 Å². The van der Waals surface area contributed by atoms with Crippen molar-refractivity contribution in [3.8, 4) is 0 Å². The van der Waals surface area contributed by atoms with Gasteiger partial charge in [0.25, 0.3) is 0 Å². The molecule has 2 aromatic carbocycles. The van der Waals surface area contributed by atoms with Crippen LogP contribution in [0, 0.1) is 0 Å². The third-order valence-electron chi connectivity index (χ3n) is 5.28. The number of rotatable bonds is 3. The number of ether oxygens (including phenoxy) is 1. The van der Waals surface area contributed by atoms with Crippen molar-refractivity contribution in [1.82, 2.24) is 10.2 Å². The minimum atomic E-state index is -0.158. The quantitative estimate of drug-likeness (QED) is 0.898. The second kappa shape index (κ2) is 7.78. The molecule has 0 spiro atoms. The van der Waals surface area contributed by atoms with Crippen LogP contribution in [0.3, 0.4) is 0 Å². The first-order valence-corrected chi connectivity index (χ1v) is 9.56. The molecule has 2 aromatic rings. The number of fused-ring (bicyclic) bond motifs is 1. The lowest BCUT2D eigenvalue weighted by Crippen LogP contribution is -2.49. The zero-order valence-electron chi connectivity index (χ0n) is 14.7. The topological polar surface area (TPSA) is 41.6 Å². The van der Waals surface area contributed by atoms with E-state index in [2.05, 4.69) is 17.4 Å². The minimum Gasteiger partial charge on any atom is -0.373 e.